The highest BCUT2D eigenvalue weighted by Crippen LogP contribution is 2.17. The van der Waals surface area contributed by atoms with E-state index in [9.17, 15) is 9.59 Å². The van der Waals surface area contributed by atoms with Crippen LogP contribution in [0.4, 0.5) is 0 Å². The Hall–Kier alpha value is -2.06. The first-order valence-corrected chi connectivity index (χ1v) is 6.16. The van der Waals surface area contributed by atoms with Crippen molar-refractivity contribution < 1.29 is 28.9 Å². The molecule has 108 valence electrons. The van der Waals surface area contributed by atoms with Crippen LogP contribution in [0.15, 0.2) is 4.63 Å². The summed E-state index contributed by atoms with van der Waals surface area (Å²) in [5.41, 5.74) is 0. The molecule has 1 saturated heterocycles. The Morgan fingerprint density at radius 1 is 1.53 bits per heavy atom. The minimum absolute atomic E-state index is 0.255. The van der Waals surface area contributed by atoms with Crippen LogP contribution in [0.3, 0.4) is 0 Å². The van der Waals surface area contributed by atoms with E-state index in [-0.39, 0.29) is 12.4 Å². The van der Waals surface area contributed by atoms with Crippen molar-refractivity contribution in [2.45, 2.75) is 45.4 Å². The minimum Gasteiger partial charge on any atom is -0.480 e. The van der Waals surface area contributed by atoms with Crippen LogP contribution < -0.4 is 9.85 Å². The largest absolute Gasteiger partial charge is 0.480 e. The third-order valence-electron chi connectivity index (χ3n) is 2.81. The summed E-state index contributed by atoms with van der Waals surface area (Å²) >= 11 is 0. The van der Waals surface area contributed by atoms with Crippen LogP contribution in [0.2, 0.25) is 0 Å². The van der Waals surface area contributed by atoms with E-state index in [1.54, 1.807) is 13.8 Å². The van der Waals surface area contributed by atoms with E-state index < -0.39 is 18.3 Å². The molecule has 0 spiro atoms. The molecule has 0 saturated carbocycles. The molecular weight excluding hydrogens is 258 g/mol. The van der Waals surface area contributed by atoms with E-state index in [4.69, 9.17) is 19.3 Å². The molecule has 1 aromatic rings. The van der Waals surface area contributed by atoms with Gasteiger partial charge >= 0.3 is 11.9 Å². The van der Waals surface area contributed by atoms with Crippen molar-refractivity contribution in [3.05, 3.63) is 0 Å². The number of hydrogen-bond donors (Lipinski definition) is 1. The van der Waals surface area contributed by atoms with Crippen molar-refractivity contribution in [2.24, 2.45) is 0 Å². The molecule has 0 bridgehead atoms. The number of carbonyl (C=O) groups is 2. The molecule has 1 aromatic heterocycles. The highest BCUT2D eigenvalue weighted by atomic mass is 17.0. The lowest BCUT2D eigenvalue weighted by molar-refractivity contribution is -0.181. The summed E-state index contributed by atoms with van der Waals surface area (Å²) in [5.74, 6) is -1.29. The van der Waals surface area contributed by atoms with Crippen molar-refractivity contribution in [1.29, 1.82) is 0 Å². The molecule has 1 fully saturated rings. The van der Waals surface area contributed by atoms with Crippen molar-refractivity contribution in [1.82, 2.24) is 9.98 Å². The molecule has 0 amide bonds. The van der Waals surface area contributed by atoms with Gasteiger partial charge in [0.2, 0.25) is 0 Å². The number of rotatable bonds is 6. The fourth-order valence-electron chi connectivity index (χ4n) is 1.87. The fraction of sp³-hybridized carbons (Fsp3) is 0.800. The summed E-state index contributed by atoms with van der Waals surface area (Å²) in [6, 6.07) is -0.623. The van der Waals surface area contributed by atoms with Gasteiger partial charge in [0.05, 0.1) is 4.96 Å². The van der Waals surface area contributed by atoms with E-state index in [2.05, 4.69) is 0 Å². The van der Waals surface area contributed by atoms with Gasteiger partial charge in [-0.05, 0) is 12.8 Å². The van der Waals surface area contributed by atoms with Gasteiger partial charge in [-0.25, -0.2) is 9.80 Å². The number of ether oxygens (including phenoxy) is 1. The summed E-state index contributed by atoms with van der Waals surface area (Å²) in [7, 11) is 0. The first kappa shape index (κ1) is 13.4. The van der Waals surface area contributed by atoms with E-state index >= 15 is 0 Å². The van der Waals surface area contributed by atoms with Crippen LogP contribution in [0.1, 0.15) is 33.1 Å². The molecule has 2 atom stereocenters. The monoisotopic (exact) mass is 275 g/mol. The molecule has 9 heteroatoms. The van der Waals surface area contributed by atoms with Gasteiger partial charge in [0.25, 0.3) is 6.29 Å². The van der Waals surface area contributed by atoms with Gasteiger partial charge in [-0.1, -0.05) is 6.92 Å². The predicted octanol–water partition coefficient (Wildman–Crippen LogP) is -0.205. The standard InChI is InChI=1S/C10H17N3O6/c1-3-9(14)17-7(2)18-13-12(19-13)11-6-4-5-8(11)10(15)16/h7-8H,3-6H2,1-2H3,(H,15,16)/t7?,8-,12?,13?/m0/s1. The second-order valence-electron chi connectivity index (χ2n) is 4.25. The molecule has 9 nitrogen and oxygen atoms in total. The predicted molar refractivity (Wildman–Crippen MR) is 60.9 cm³/mol. The van der Waals surface area contributed by atoms with E-state index in [1.807, 2.05) is 0 Å². The third kappa shape index (κ3) is 3.04. The van der Waals surface area contributed by atoms with Gasteiger partial charge in [0, 0.05) is 19.9 Å². The topological polar surface area (TPSA) is 99.1 Å². The van der Waals surface area contributed by atoms with Crippen LogP contribution >= 0.6 is 0 Å². The molecule has 1 unspecified atom stereocenters. The first-order valence-electron chi connectivity index (χ1n) is 6.16. The number of aliphatic carboxylic acids is 1. The van der Waals surface area contributed by atoms with Crippen LogP contribution in [0.5, 0.6) is 0 Å². The van der Waals surface area contributed by atoms with Crippen LogP contribution in [0, 0.1) is 0 Å². The third-order valence-corrected chi connectivity index (χ3v) is 2.81. The van der Waals surface area contributed by atoms with Crippen molar-refractivity contribution in [2.75, 3.05) is 11.6 Å². The normalized spacial score (nSPS) is 20.5. The quantitative estimate of drug-likeness (QED) is 0.566. The minimum atomic E-state index is -0.904. The average molecular weight is 275 g/mol. The smallest absolute Gasteiger partial charge is 0.328 e. The molecule has 2 rings (SSSR count). The molecule has 1 aliphatic rings. The Morgan fingerprint density at radius 3 is 2.89 bits per heavy atom. The van der Waals surface area contributed by atoms with Crippen molar-refractivity contribution in [3.8, 4) is 0 Å². The first-order chi connectivity index (χ1) is 9.02. The molecular formula is C10H17N3O6. The average Bonchev–Trinajstić information content (AvgIpc) is 2.92. The lowest BCUT2D eigenvalue weighted by Crippen LogP contribution is -2.43. The zero-order chi connectivity index (χ0) is 14.0. The van der Waals surface area contributed by atoms with Crippen molar-refractivity contribution in [3.63, 3.8) is 0 Å². The number of carboxylic acids is 1. The molecule has 2 heterocycles. The van der Waals surface area contributed by atoms with Crippen molar-refractivity contribution >= 4 is 11.9 Å². The molecule has 0 aromatic carbocycles. The zero-order valence-corrected chi connectivity index (χ0v) is 10.8. The second-order valence-corrected chi connectivity index (χ2v) is 4.25. The summed E-state index contributed by atoms with van der Waals surface area (Å²) in [5, 5.41) is 11.6. The van der Waals surface area contributed by atoms with Crippen LogP contribution in [-0.4, -0.2) is 45.9 Å². The maximum Gasteiger partial charge on any atom is 0.328 e. The van der Waals surface area contributed by atoms with Gasteiger partial charge in [-0.2, -0.15) is 4.63 Å². The van der Waals surface area contributed by atoms with Gasteiger partial charge in [0.1, 0.15) is 11.1 Å². The number of carbonyl (C=O) groups excluding carboxylic acids is 1. The van der Waals surface area contributed by atoms with E-state index in [0.717, 1.165) is 11.4 Å². The Balaban J connectivity index is 1.87. The fourth-order valence-corrected chi connectivity index (χ4v) is 1.87. The van der Waals surface area contributed by atoms with E-state index in [1.165, 1.54) is 9.97 Å². The zero-order valence-electron chi connectivity index (χ0n) is 10.8. The number of nitrogens with zero attached hydrogens (tertiary/aromatic N) is 3. The number of esters is 1. The second kappa shape index (κ2) is 5.29. The lowest BCUT2D eigenvalue weighted by atomic mass is 10.2. The van der Waals surface area contributed by atoms with Crippen LogP contribution in [0.25, 0.3) is 0 Å². The summed E-state index contributed by atoms with van der Waals surface area (Å²) in [6.07, 6.45) is 0.781. The molecule has 0 aliphatic carbocycles. The Kier molecular flexibility index (Phi) is 3.72. The summed E-state index contributed by atoms with van der Waals surface area (Å²) in [4.78, 5) is 28.4. The number of aromatic nitrogens is 2. The number of hydrogen-bond acceptors (Lipinski definition) is 6. The molecule has 0 radical (unpaired) electrons. The van der Waals surface area contributed by atoms with Gasteiger partial charge in [0.15, 0.2) is 0 Å². The lowest BCUT2D eigenvalue weighted by Gasteiger charge is -2.15. The maximum absolute atomic E-state index is 11.0. The van der Waals surface area contributed by atoms with Gasteiger partial charge in [-0.3, -0.25) is 4.79 Å². The molecule has 1 N–H and O–H groups in total. The molecule has 19 heavy (non-hydrogen) atoms. The van der Waals surface area contributed by atoms with Gasteiger partial charge < -0.3 is 14.7 Å². The van der Waals surface area contributed by atoms with Gasteiger partial charge in [-0.15, -0.1) is 0 Å². The maximum atomic E-state index is 11.0. The van der Waals surface area contributed by atoms with E-state index in [0.29, 0.717) is 13.0 Å². The Bertz CT molecular complexity index is 447. The molecule has 1 aliphatic heterocycles. The number of carboxylic acid groups (broad SMARTS) is 1. The Labute approximate surface area is 109 Å². The highest BCUT2D eigenvalue weighted by Gasteiger charge is 2.37. The Morgan fingerprint density at radius 2 is 2.26 bits per heavy atom. The SMILES string of the molecule is CCC(=O)OC(C)On1on1N1CCC[C@H]1C(=O)O. The highest BCUT2D eigenvalue weighted by molar-refractivity contribution is 5.75. The summed E-state index contributed by atoms with van der Waals surface area (Å²) < 4.78 is 9.87. The van der Waals surface area contributed by atoms with Crippen LogP contribution in [-0.2, 0) is 14.3 Å². The summed E-state index contributed by atoms with van der Waals surface area (Å²) in [6.45, 7) is 3.79.